The highest BCUT2D eigenvalue weighted by Gasteiger charge is 2.39. The molecule has 0 bridgehead atoms. The van der Waals surface area contributed by atoms with E-state index in [0.29, 0.717) is 5.41 Å². The molecule has 1 nitrogen and oxygen atoms in total. The Bertz CT molecular complexity index is 520. The van der Waals surface area contributed by atoms with Crippen molar-refractivity contribution >= 4 is 11.3 Å². The van der Waals surface area contributed by atoms with Gasteiger partial charge in [0.25, 0.3) is 0 Å². The predicted octanol–water partition coefficient (Wildman–Crippen LogP) is 4.27. The van der Waals surface area contributed by atoms with Gasteiger partial charge in [-0.3, -0.25) is 5.32 Å². The topological polar surface area (TPSA) is 14.1 Å². The van der Waals surface area contributed by atoms with Crippen LogP contribution in [0, 0.1) is 0 Å². The number of hydrogen-bond acceptors (Lipinski definition) is 0. The Morgan fingerprint density at radius 1 is 1.12 bits per heavy atom. The van der Waals surface area contributed by atoms with E-state index in [9.17, 15) is 0 Å². The van der Waals surface area contributed by atoms with Gasteiger partial charge >= 0.3 is 0 Å². The zero-order valence-electron chi connectivity index (χ0n) is 10.4. The molecule has 1 aromatic carbocycles. The average molecular weight is 224 g/mol. The van der Waals surface area contributed by atoms with Gasteiger partial charge < -0.3 is 0 Å². The maximum absolute atomic E-state index is 4.83. The van der Waals surface area contributed by atoms with Crippen LogP contribution in [0.2, 0.25) is 0 Å². The summed E-state index contributed by atoms with van der Waals surface area (Å²) in [7, 11) is 0. The Morgan fingerprint density at radius 3 is 2.76 bits per heavy atom. The summed E-state index contributed by atoms with van der Waals surface area (Å²) in [6, 6.07) is 6.74. The van der Waals surface area contributed by atoms with E-state index in [-0.39, 0.29) is 0 Å². The summed E-state index contributed by atoms with van der Waals surface area (Å²) < 4.78 is 0. The Labute approximate surface area is 103 Å². The molecule has 1 aliphatic heterocycles. The number of rotatable bonds is 1. The van der Waals surface area contributed by atoms with Crippen LogP contribution in [0.25, 0.3) is 5.57 Å². The van der Waals surface area contributed by atoms with E-state index in [4.69, 9.17) is 5.32 Å². The highest BCUT2D eigenvalue weighted by atomic mass is 14.9. The van der Waals surface area contributed by atoms with Crippen molar-refractivity contribution in [3.8, 4) is 0 Å². The minimum Gasteiger partial charge on any atom is -0.253 e. The highest BCUT2D eigenvalue weighted by Crippen LogP contribution is 2.52. The maximum Gasteiger partial charge on any atom is 0.0711 e. The molecule has 0 atom stereocenters. The van der Waals surface area contributed by atoms with Crippen LogP contribution in [0.15, 0.2) is 23.9 Å². The second kappa shape index (κ2) is 3.16. The van der Waals surface area contributed by atoms with Crippen LogP contribution >= 0.6 is 0 Å². The van der Waals surface area contributed by atoms with Crippen LogP contribution in [0.1, 0.15) is 56.6 Å². The molecule has 2 aliphatic carbocycles. The molecular weight excluding hydrogens is 206 g/mol. The standard InChI is InChI=1S/C16H18N/c1-16(9-4-10-16)12-6-3-8-14-15(12)11-5-2-7-13(11)17-14/h3,6,8H,2,4-5,7,9-10H2,1H3. The first-order chi connectivity index (χ1) is 8.28. The molecule has 87 valence electrons. The quantitative estimate of drug-likeness (QED) is 0.676. The van der Waals surface area contributed by atoms with Gasteiger partial charge in [0.1, 0.15) is 0 Å². The molecule has 17 heavy (non-hydrogen) atoms. The van der Waals surface area contributed by atoms with Crippen molar-refractivity contribution in [1.29, 1.82) is 0 Å². The van der Waals surface area contributed by atoms with E-state index >= 15 is 0 Å². The van der Waals surface area contributed by atoms with Crippen molar-refractivity contribution in [3.63, 3.8) is 0 Å². The van der Waals surface area contributed by atoms with Gasteiger partial charge in [-0.25, -0.2) is 0 Å². The molecule has 1 radical (unpaired) electrons. The number of fused-ring (bicyclic) bond motifs is 2. The van der Waals surface area contributed by atoms with Gasteiger partial charge in [0, 0.05) is 11.3 Å². The lowest BCUT2D eigenvalue weighted by Gasteiger charge is -2.40. The fraction of sp³-hybridized carbons (Fsp3) is 0.500. The van der Waals surface area contributed by atoms with Crippen molar-refractivity contribution in [2.75, 3.05) is 0 Å². The first kappa shape index (κ1) is 9.76. The van der Waals surface area contributed by atoms with Crippen LogP contribution in [-0.4, -0.2) is 0 Å². The van der Waals surface area contributed by atoms with Crippen molar-refractivity contribution < 1.29 is 0 Å². The van der Waals surface area contributed by atoms with E-state index in [0.717, 1.165) is 0 Å². The van der Waals surface area contributed by atoms with Gasteiger partial charge in [0.2, 0.25) is 0 Å². The monoisotopic (exact) mass is 224 g/mol. The third-order valence-electron chi connectivity index (χ3n) is 4.90. The van der Waals surface area contributed by atoms with Crippen LogP contribution < -0.4 is 5.32 Å². The number of benzene rings is 1. The molecule has 0 amide bonds. The number of nitrogens with zero attached hydrogens (tertiary/aromatic N) is 1. The minimum absolute atomic E-state index is 0.436. The molecule has 1 fully saturated rings. The lowest BCUT2D eigenvalue weighted by Crippen LogP contribution is -2.31. The van der Waals surface area contributed by atoms with Gasteiger partial charge in [-0.1, -0.05) is 25.5 Å². The van der Waals surface area contributed by atoms with Crippen LogP contribution in [0.4, 0.5) is 5.69 Å². The second-order valence-corrected chi connectivity index (χ2v) is 6.00. The summed E-state index contributed by atoms with van der Waals surface area (Å²) in [5, 5.41) is 4.83. The fourth-order valence-corrected chi connectivity index (χ4v) is 3.70. The number of allylic oxidation sites excluding steroid dienone is 2. The lowest BCUT2D eigenvalue weighted by molar-refractivity contribution is 0.271. The van der Waals surface area contributed by atoms with Gasteiger partial charge in [0.15, 0.2) is 0 Å². The van der Waals surface area contributed by atoms with Gasteiger partial charge in [-0.15, -0.1) is 0 Å². The molecule has 0 unspecified atom stereocenters. The first-order valence-electron chi connectivity index (χ1n) is 6.86. The van der Waals surface area contributed by atoms with Crippen molar-refractivity contribution in [2.24, 2.45) is 0 Å². The molecular formula is C16H18N. The van der Waals surface area contributed by atoms with Gasteiger partial charge in [0.05, 0.1) is 5.69 Å². The first-order valence-corrected chi connectivity index (χ1v) is 6.86. The summed E-state index contributed by atoms with van der Waals surface area (Å²) in [4.78, 5) is 0. The molecule has 1 heteroatoms. The summed E-state index contributed by atoms with van der Waals surface area (Å²) in [6.45, 7) is 2.43. The minimum atomic E-state index is 0.436. The SMILES string of the molecule is CC1(c2cccc3c2C2=C(CCC2)[N]3)CCC1. The van der Waals surface area contributed by atoms with E-state index in [2.05, 4.69) is 25.1 Å². The molecule has 3 aliphatic rings. The molecule has 0 N–H and O–H groups in total. The number of hydrogen-bond donors (Lipinski definition) is 0. The average Bonchev–Trinajstić information content (AvgIpc) is 2.84. The Morgan fingerprint density at radius 2 is 2.00 bits per heavy atom. The zero-order chi connectivity index (χ0) is 11.5. The van der Waals surface area contributed by atoms with Crippen LogP contribution in [0.5, 0.6) is 0 Å². The van der Waals surface area contributed by atoms with Crippen molar-refractivity contribution in [2.45, 2.75) is 50.9 Å². The summed E-state index contributed by atoms with van der Waals surface area (Å²) >= 11 is 0. The van der Waals surface area contributed by atoms with E-state index in [1.807, 2.05) is 0 Å². The second-order valence-electron chi connectivity index (χ2n) is 6.00. The smallest absolute Gasteiger partial charge is 0.0711 e. The molecule has 0 spiro atoms. The van der Waals surface area contributed by atoms with E-state index in [1.165, 1.54) is 55.5 Å². The Kier molecular flexibility index (Phi) is 1.81. The highest BCUT2D eigenvalue weighted by molar-refractivity contribution is 5.86. The van der Waals surface area contributed by atoms with E-state index in [1.54, 1.807) is 11.1 Å². The molecule has 1 heterocycles. The van der Waals surface area contributed by atoms with Crippen LogP contribution in [0.3, 0.4) is 0 Å². The predicted molar refractivity (Wildman–Crippen MR) is 70.2 cm³/mol. The Balaban J connectivity index is 1.90. The third-order valence-corrected chi connectivity index (χ3v) is 4.90. The molecule has 0 saturated heterocycles. The summed E-state index contributed by atoms with van der Waals surface area (Å²) in [6.07, 6.45) is 7.85. The third kappa shape index (κ3) is 1.20. The Hall–Kier alpha value is -1.24. The summed E-state index contributed by atoms with van der Waals surface area (Å²) in [5.41, 5.74) is 7.74. The molecule has 4 rings (SSSR count). The summed E-state index contributed by atoms with van der Waals surface area (Å²) in [5.74, 6) is 0. The lowest BCUT2D eigenvalue weighted by atomic mass is 9.64. The fourth-order valence-electron chi connectivity index (χ4n) is 3.70. The van der Waals surface area contributed by atoms with Crippen molar-refractivity contribution in [3.05, 3.63) is 35.0 Å². The van der Waals surface area contributed by atoms with Gasteiger partial charge in [-0.05, 0) is 54.7 Å². The maximum atomic E-state index is 4.83. The molecule has 1 aromatic rings. The molecule has 0 aromatic heterocycles. The van der Waals surface area contributed by atoms with Gasteiger partial charge in [-0.2, -0.15) is 0 Å². The van der Waals surface area contributed by atoms with Crippen LogP contribution in [-0.2, 0) is 5.41 Å². The zero-order valence-corrected chi connectivity index (χ0v) is 10.4. The normalized spacial score (nSPS) is 24.1. The van der Waals surface area contributed by atoms with Crippen molar-refractivity contribution in [1.82, 2.24) is 5.32 Å². The largest absolute Gasteiger partial charge is 0.253 e. The molecule has 1 saturated carbocycles. The van der Waals surface area contributed by atoms with E-state index < -0.39 is 0 Å².